The van der Waals surface area contributed by atoms with Gasteiger partial charge in [0.25, 0.3) is 0 Å². The molecule has 0 saturated heterocycles. The molecule has 16 heavy (non-hydrogen) atoms. The first kappa shape index (κ1) is 10.4. The molecule has 2 saturated carbocycles. The van der Waals surface area contributed by atoms with Gasteiger partial charge in [0.15, 0.2) is 11.0 Å². The van der Waals surface area contributed by atoms with Crippen molar-refractivity contribution in [2.75, 3.05) is 10.6 Å². The first-order chi connectivity index (χ1) is 7.72. The molecule has 2 N–H and O–H groups in total. The molecule has 0 aliphatic heterocycles. The van der Waals surface area contributed by atoms with Crippen LogP contribution < -0.4 is 10.6 Å². The third-order valence-corrected chi connectivity index (χ3v) is 3.37. The van der Waals surface area contributed by atoms with Gasteiger partial charge in [-0.25, -0.2) is 0 Å². The van der Waals surface area contributed by atoms with Gasteiger partial charge in [0.2, 0.25) is 5.95 Å². The molecule has 2 aliphatic carbocycles. The van der Waals surface area contributed by atoms with Crippen LogP contribution in [0.4, 0.5) is 11.8 Å². The number of anilines is 2. The van der Waals surface area contributed by atoms with Gasteiger partial charge in [-0.05, 0) is 25.7 Å². The van der Waals surface area contributed by atoms with E-state index in [1.807, 2.05) is 0 Å². The lowest BCUT2D eigenvalue weighted by Crippen LogP contribution is -2.10. The van der Waals surface area contributed by atoms with Crippen molar-refractivity contribution in [2.45, 2.75) is 37.8 Å². The second-order valence-corrected chi connectivity index (χ2v) is 5.07. The molecular formula is C10H12Cl2N4. The Bertz CT molecular complexity index is 416. The summed E-state index contributed by atoms with van der Waals surface area (Å²) in [6.07, 6.45) is 4.69. The molecule has 0 radical (unpaired) electrons. The van der Waals surface area contributed by atoms with Crippen LogP contribution in [-0.2, 0) is 0 Å². The van der Waals surface area contributed by atoms with Gasteiger partial charge >= 0.3 is 0 Å². The quantitative estimate of drug-likeness (QED) is 0.816. The van der Waals surface area contributed by atoms with Gasteiger partial charge in [0, 0.05) is 12.1 Å². The van der Waals surface area contributed by atoms with Crippen LogP contribution in [0.5, 0.6) is 0 Å². The Hall–Kier alpha value is -0.740. The number of rotatable bonds is 4. The third-order valence-electron chi connectivity index (χ3n) is 2.64. The number of halogens is 2. The summed E-state index contributed by atoms with van der Waals surface area (Å²) in [7, 11) is 0. The van der Waals surface area contributed by atoms with E-state index in [0.29, 0.717) is 34.0 Å². The molecule has 3 rings (SSSR count). The molecule has 0 bridgehead atoms. The van der Waals surface area contributed by atoms with Gasteiger partial charge in [0.05, 0.1) is 0 Å². The highest BCUT2D eigenvalue weighted by Crippen LogP contribution is 2.33. The molecule has 86 valence electrons. The van der Waals surface area contributed by atoms with Crippen LogP contribution >= 0.6 is 23.2 Å². The summed E-state index contributed by atoms with van der Waals surface area (Å²) in [5, 5.41) is 7.18. The smallest absolute Gasteiger partial charge is 0.226 e. The van der Waals surface area contributed by atoms with E-state index in [1.54, 1.807) is 0 Å². The Morgan fingerprint density at radius 2 is 1.56 bits per heavy atom. The van der Waals surface area contributed by atoms with Crippen molar-refractivity contribution in [3.05, 3.63) is 10.2 Å². The molecule has 1 heterocycles. The van der Waals surface area contributed by atoms with Crippen molar-refractivity contribution in [3.63, 3.8) is 0 Å². The van der Waals surface area contributed by atoms with Crippen molar-refractivity contribution in [2.24, 2.45) is 0 Å². The Balaban J connectivity index is 1.84. The van der Waals surface area contributed by atoms with Gasteiger partial charge in [-0.15, -0.1) is 0 Å². The summed E-state index contributed by atoms with van der Waals surface area (Å²) < 4.78 is 0. The predicted molar refractivity (Wildman–Crippen MR) is 65.3 cm³/mol. The standard InChI is InChI=1S/C10H12Cl2N4/c11-7-8(12)15-10(14-6-3-4-6)16-9(7)13-5-1-2-5/h5-6H,1-4H2,(H2,13,14,15,16). The van der Waals surface area contributed by atoms with E-state index >= 15 is 0 Å². The maximum absolute atomic E-state index is 6.04. The van der Waals surface area contributed by atoms with E-state index in [9.17, 15) is 0 Å². The molecule has 2 fully saturated rings. The van der Waals surface area contributed by atoms with Gasteiger partial charge in [-0.1, -0.05) is 23.2 Å². The van der Waals surface area contributed by atoms with Crippen molar-refractivity contribution in [3.8, 4) is 0 Å². The first-order valence-corrected chi connectivity index (χ1v) is 6.24. The number of hydrogen-bond donors (Lipinski definition) is 2. The van der Waals surface area contributed by atoms with Crippen molar-refractivity contribution in [1.82, 2.24) is 9.97 Å². The molecule has 0 atom stereocenters. The molecular weight excluding hydrogens is 247 g/mol. The first-order valence-electron chi connectivity index (χ1n) is 5.48. The van der Waals surface area contributed by atoms with E-state index < -0.39 is 0 Å². The number of aromatic nitrogens is 2. The van der Waals surface area contributed by atoms with E-state index in [2.05, 4.69) is 20.6 Å². The highest BCUT2D eigenvalue weighted by atomic mass is 35.5. The highest BCUT2D eigenvalue weighted by molar-refractivity contribution is 6.42. The minimum Gasteiger partial charge on any atom is -0.366 e. The lowest BCUT2D eigenvalue weighted by molar-refractivity contribution is 1.03. The molecule has 0 spiro atoms. The second kappa shape index (κ2) is 3.93. The molecule has 1 aromatic heterocycles. The molecule has 6 heteroatoms. The van der Waals surface area contributed by atoms with E-state index in [-0.39, 0.29) is 0 Å². The fourth-order valence-electron chi connectivity index (χ4n) is 1.41. The second-order valence-electron chi connectivity index (χ2n) is 4.34. The number of nitrogens with one attached hydrogen (secondary N) is 2. The normalized spacial score (nSPS) is 19.6. The Kier molecular flexibility index (Phi) is 2.56. The molecule has 0 unspecified atom stereocenters. The molecule has 2 aliphatic rings. The monoisotopic (exact) mass is 258 g/mol. The fraction of sp³-hybridized carbons (Fsp3) is 0.600. The summed E-state index contributed by atoms with van der Waals surface area (Å²) in [6.45, 7) is 0. The molecule has 0 aromatic carbocycles. The van der Waals surface area contributed by atoms with Crippen molar-refractivity contribution < 1.29 is 0 Å². The Labute approximate surface area is 104 Å². The van der Waals surface area contributed by atoms with Gasteiger partial charge in [-0.3, -0.25) is 0 Å². The van der Waals surface area contributed by atoms with Gasteiger partial charge in [-0.2, -0.15) is 9.97 Å². The van der Waals surface area contributed by atoms with Crippen molar-refractivity contribution in [1.29, 1.82) is 0 Å². The van der Waals surface area contributed by atoms with E-state index in [1.165, 1.54) is 25.7 Å². The minimum atomic E-state index is 0.308. The molecule has 0 amide bonds. The average Bonchev–Trinajstić information content (AvgIpc) is 3.08. The lowest BCUT2D eigenvalue weighted by Gasteiger charge is -2.10. The largest absolute Gasteiger partial charge is 0.366 e. The van der Waals surface area contributed by atoms with Crippen LogP contribution in [0.25, 0.3) is 0 Å². The van der Waals surface area contributed by atoms with Gasteiger partial charge in [0.1, 0.15) is 5.02 Å². The fourth-order valence-corrected chi connectivity index (χ4v) is 1.72. The molecule has 4 nitrogen and oxygen atoms in total. The van der Waals surface area contributed by atoms with Crippen molar-refractivity contribution >= 4 is 35.0 Å². The maximum atomic E-state index is 6.04. The topological polar surface area (TPSA) is 49.8 Å². The average molecular weight is 259 g/mol. The van der Waals surface area contributed by atoms with Crippen LogP contribution in [0.15, 0.2) is 0 Å². The van der Waals surface area contributed by atoms with Crippen LogP contribution in [0.3, 0.4) is 0 Å². The van der Waals surface area contributed by atoms with Crippen LogP contribution in [0, 0.1) is 0 Å². The van der Waals surface area contributed by atoms with E-state index in [4.69, 9.17) is 23.2 Å². The summed E-state index contributed by atoms with van der Waals surface area (Å²) >= 11 is 12.0. The SMILES string of the molecule is Clc1nc(NC2CC2)nc(NC2CC2)c1Cl. The zero-order chi connectivity index (χ0) is 11.1. The van der Waals surface area contributed by atoms with Gasteiger partial charge < -0.3 is 10.6 Å². The summed E-state index contributed by atoms with van der Waals surface area (Å²) in [5.74, 6) is 1.22. The summed E-state index contributed by atoms with van der Waals surface area (Å²) in [6, 6.07) is 1.00. The van der Waals surface area contributed by atoms with E-state index in [0.717, 1.165) is 0 Å². The van der Waals surface area contributed by atoms with Crippen LogP contribution in [0.1, 0.15) is 25.7 Å². The highest BCUT2D eigenvalue weighted by Gasteiger charge is 2.25. The zero-order valence-corrected chi connectivity index (χ0v) is 10.1. The Morgan fingerprint density at radius 1 is 0.938 bits per heavy atom. The zero-order valence-electron chi connectivity index (χ0n) is 8.63. The van der Waals surface area contributed by atoms with Crippen LogP contribution in [0.2, 0.25) is 10.2 Å². The maximum Gasteiger partial charge on any atom is 0.226 e. The minimum absolute atomic E-state index is 0.308. The number of hydrogen-bond acceptors (Lipinski definition) is 4. The number of nitrogens with zero attached hydrogens (tertiary/aromatic N) is 2. The van der Waals surface area contributed by atoms with Crippen LogP contribution in [-0.4, -0.2) is 22.1 Å². The Morgan fingerprint density at radius 3 is 2.19 bits per heavy atom. The third kappa shape index (κ3) is 2.33. The predicted octanol–water partition coefficient (Wildman–Crippen LogP) is 2.93. The molecule has 1 aromatic rings. The summed E-state index contributed by atoms with van der Waals surface area (Å²) in [4.78, 5) is 8.46. The lowest BCUT2D eigenvalue weighted by atomic mass is 10.5. The summed E-state index contributed by atoms with van der Waals surface area (Å²) in [5.41, 5.74) is 0.